The summed E-state index contributed by atoms with van der Waals surface area (Å²) in [4.78, 5) is 2.76. The predicted molar refractivity (Wildman–Crippen MR) is 81.0 cm³/mol. The summed E-state index contributed by atoms with van der Waals surface area (Å²) in [6.07, 6.45) is 5.68. The normalized spacial score (nSPS) is 20.0. The van der Waals surface area contributed by atoms with Crippen LogP contribution in [-0.2, 0) is 0 Å². The summed E-state index contributed by atoms with van der Waals surface area (Å²) in [6, 6.07) is 1.49. The maximum absolute atomic E-state index is 3.66. The molecule has 0 amide bonds. The van der Waals surface area contributed by atoms with Gasteiger partial charge in [0.25, 0.3) is 0 Å². The van der Waals surface area contributed by atoms with Gasteiger partial charge in [0, 0.05) is 30.7 Å². The lowest BCUT2D eigenvalue weighted by molar-refractivity contribution is 0.121. The summed E-state index contributed by atoms with van der Waals surface area (Å²) < 4.78 is 0. The molecule has 0 bridgehead atoms. The monoisotopic (exact) mass is 254 g/mol. The Labute approximate surface area is 115 Å². The fourth-order valence-corrected chi connectivity index (χ4v) is 2.92. The zero-order valence-corrected chi connectivity index (χ0v) is 13.4. The molecule has 0 aliphatic heterocycles. The van der Waals surface area contributed by atoms with Crippen molar-refractivity contribution < 1.29 is 0 Å². The van der Waals surface area contributed by atoms with Gasteiger partial charge in [-0.3, -0.25) is 4.90 Å². The minimum atomic E-state index is 0.230. The third-order valence-corrected chi connectivity index (χ3v) is 3.86. The molecule has 108 valence electrons. The quantitative estimate of drug-likeness (QED) is 0.778. The van der Waals surface area contributed by atoms with E-state index in [4.69, 9.17) is 0 Å². The summed E-state index contributed by atoms with van der Waals surface area (Å²) >= 11 is 0. The van der Waals surface area contributed by atoms with Gasteiger partial charge in [0.15, 0.2) is 0 Å². The van der Waals surface area contributed by atoms with Crippen molar-refractivity contribution in [3.63, 3.8) is 0 Å². The molecule has 1 aliphatic rings. The van der Waals surface area contributed by atoms with Crippen LogP contribution in [-0.4, -0.2) is 35.6 Å². The largest absolute Gasteiger partial charge is 0.311 e. The van der Waals surface area contributed by atoms with Crippen molar-refractivity contribution in [2.75, 3.05) is 13.1 Å². The van der Waals surface area contributed by atoms with E-state index in [2.05, 4.69) is 51.8 Å². The number of hydrogen-bond acceptors (Lipinski definition) is 2. The van der Waals surface area contributed by atoms with Gasteiger partial charge in [-0.2, -0.15) is 0 Å². The first kappa shape index (κ1) is 16.0. The molecule has 0 spiro atoms. The molecule has 1 fully saturated rings. The Morgan fingerprint density at radius 1 is 1.11 bits per heavy atom. The Bertz CT molecular complexity index is 224. The molecule has 1 aliphatic carbocycles. The van der Waals surface area contributed by atoms with Crippen LogP contribution in [0.25, 0.3) is 0 Å². The van der Waals surface area contributed by atoms with Crippen LogP contribution in [0.3, 0.4) is 0 Å². The molecule has 0 aromatic heterocycles. The highest BCUT2D eigenvalue weighted by Gasteiger charge is 2.27. The van der Waals surface area contributed by atoms with Gasteiger partial charge in [0.2, 0.25) is 0 Å². The van der Waals surface area contributed by atoms with Crippen LogP contribution in [0.15, 0.2) is 0 Å². The second-order valence-corrected chi connectivity index (χ2v) is 7.51. The number of nitrogens with one attached hydrogen (secondary N) is 1. The molecule has 0 aromatic rings. The van der Waals surface area contributed by atoms with Gasteiger partial charge in [0.1, 0.15) is 0 Å². The molecule has 1 saturated carbocycles. The van der Waals surface area contributed by atoms with E-state index in [0.29, 0.717) is 6.04 Å². The molecule has 0 saturated heterocycles. The van der Waals surface area contributed by atoms with Gasteiger partial charge in [0.05, 0.1) is 0 Å². The minimum absolute atomic E-state index is 0.230. The second kappa shape index (κ2) is 6.91. The Morgan fingerprint density at radius 3 is 2.11 bits per heavy atom. The van der Waals surface area contributed by atoms with E-state index < -0.39 is 0 Å². The van der Waals surface area contributed by atoms with E-state index in [0.717, 1.165) is 18.5 Å². The lowest BCUT2D eigenvalue weighted by Gasteiger charge is -2.37. The van der Waals surface area contributed by atoms with Gasteiger partial charge in [-0.15, -0.1) is 0 Å². The Kier molecular flexibility index (Phi) is 6.13. The first-order chi connectivity index (χ1) is 8.29. The standard InChI is InChI=1S/C16H34N2/c1-13(2)12-18(15-9-7-8-10-15)14(3)11-17-16(4,5)6/h13-15,17H,7-12H2,1-6H3. The van der Waals surface area contributed by atoms with Crippen molar-refractivity contribution in [2.45, 2.75) is 84.8 Å². The van der Waals surface area contributed by atoms with E-state index in [9.17, 15) is 0 Å². The first-order valence-corrected chi connectivity index (χ1v) is 7.80. The van der Waals surface area contributed by atoms with Gasteiger partial charge in [-0.1, -0.05) is 26.7 Å². The van der Waals surface area contributed by atoms with E-state index in [1.165, 1.54) is 32.2 Å². The molecule has 2 nitrogen and oxygen atoms in total. The third kappa shape index (κ3) is 5.71. The minimum Gasteiger partial charge on any atom is -0.311 e. The highest BCUT2D eigenvalue weighted by Crippen LogP contribution is 2.26. The molecule has 0 aromatic carbocycles. The van der Waals surface area contributed by atoms with Crippen molar-refractivity contribution >= 4 is 0 Å². The van der Waals surface area contributed by atoms with Crippen LogP contribution in [0, 0.1) is 5.92 Å². The molecule has 2 heteroatoms. The van der Waals surface area contributed by atoms with Crippen LogP contribution in [0.2, 0.25) is 0 Å². The fraction of sp³-hybridized carbons (Fsp3) is 1.00. The molecular formula is C16H34N2. The van der Waals surface area contributed by atoms with Gasteiger partial charge < -0.3 is 5.32 Å². The molecule has 1 atom stereocenters. The van der Waals surface area contributed by atoms with Crippen molar-refractivity contribution in [2.24, 2.45) is 5.92 Å². The van der Waals surface area contributed by atoms with Crippen LogP contribution in [0.4, 0.5) is 0 Å². The average Bonchev–Trinajstić information content (AvgIpc) is 2.74. The summed E-state index contributed by atoms with van der Waals surface area (Å²) in [7, 11) is 0. The summed E-state index contributed by atoms with van der Waals surface area (Å²) in [6.45, 7) is 16.2. The van der Waals surface area contributed by atoms with Gasteiger partial charge in [-0.05, 0) is 46.5 Å². The van der Waals surface area contributed by atoms with Crippen LogP contribution < -0.4 is 5.32 Å². The van der Waals surface area contributed by atoms with Crippen molar-refractivity contribution in [3.8, 4) is 0 Å². The molecule has 1 N–H and O–H groups in total. The lowest BCUT2D eigenvalue weighted by Crippen LogP contribution is -2.50. The molecule has 0 radical (unpaired) electrons. The summed E-state index contributed by atoms with van der Waals surface area (Å²) in [5.74, 6) is 0.766. The fourth-order valence-electron chi connectivity index (χ4n) is 2.92. The first-order valence-electron chi connectivity index (χ1n) is 7.80. The lowest BCUT2D eigenvalue weighted by atomic mass is 10.1. The van der Waals surface area contributed by atoms with Crippen molar-refractivity contribution in [3.05, 3.63) is 0 Å². The molecule has 0 heterocycles. The topological polar surface area (TPSA) is 15.3 Å². The Hall–Kier alpha value is -0.0800. The molecular weight excluding hydrogens is 220 g/mol. The summed E-state index contributed by atoms with van der Waals surface area (Å²) in [5, 5.41) is 3.66. The van der Waals surface area contributed by atoms with Gasteiger partial charge >= 0.3 is 0 Å². The van der Waals surface area contributed by atoms with E-state index in [1.54, 1.807) is 0 Å². The number of hydrogen-bond donors (Lipinski definition) is 1. The van der Waals surface area contributed by atoms with Crippen molar-refractivity contribution in [1.29, 1.82) is 0 Å². The van der Waals surface area contributed by atoms with Gasteiger partial charge in [-0.25, -0.2) is 0 Å². The highest BCUT2D eigenvalue weighted by molar-refractivity contribution is 4.84. The number of rotatable bonds is 6. The van der Waals surface area contributed by atoms with E-state index >= 15 is 0 Å². The maximum atomic E-state index is 3.66. The van der Waals surface area contributed by atoms with Crippen LogP contribution in [0.5, 0.6) is 0 Å². The zero-order valence-electron chi connectivity index (χ0n) is 13.4. The third-order valence-electron chi connectivity index (χ3n) is 3.86. The average molecular weight is 254 g/mol. The Balaban J connectivity index is 2.52. The second-order valence-electron chi connectivity index (χ2n) is 7.51. The van der Waals surface area contributed by atoms with Crippen LogP contribution >= 0.6 is 0 Å². The summed E-state index contributed by atoms with van der Waals surface area (Å²) in [5.41, 5.74) is 0.230. The highest BCUT2D eigenvalue weighted by atomic mass is 15.2. The van der Waals surface area contributed by atoms with Crippen LogP contribution in [0.1, 0.15) is 67.2 Å². The smallest absolute Gasteiger partial charge is 0.0195 e. The predicted octanol–water partition coefficient (Wildman–Crippen LogP) is 3.66. The van der Waals surface area contributed by atoms with E-state index in [-0.39, 0.29) is 5.54 Å². The molecule has 18 heavy (non-hydrogen) atoms. The molecule has 1 rings (SSSR count). The Morgan fingerprint density at radius 2 is 1.67 bits per heavy atom. The van der Waals surface area contributed by atoms with Crippen molar-refractivity contribution in [1.82, 2.24) is 10.2 Å². The number of nitrogens with zero attached hydrogens (tertiary/aromatic N) is 1. The zero-order chi connectivity index (χ0) is 13.8. The molecule has 1 unspecified atom stereocenters. The van der Waals surface area contributed by atoms with E-state index in [1.807, 2.05) is 0 Å². The maximum Gasteiger partial charge on any atom is 0.0195 e. The SMILES string of the molecule is CC(C)CN(C(C)CNC(C)(C)C)C1CCCC1.